The van der Waals surface area contributed by atoms with E-state index in [1.807, 2.05) is 19.1 Å². The number of aliphatic carboxylic acids is 1. The topological polar surface area (TPSA) is 63.3 Å². The van der Waals surface area contributed by atoms with Gasteiger partial charge in [0.15, 0.2) is 0 Å². The molecule has 0 radical (unpaired) electrons. The fourth-order valence-corrected chi connectivity index (χ4v) is 1.87. The molecule has 1 unspecified atom stereocenters. The summed E-state index contributed by atoms with van der Waals surface area (Å²) < 4.78 is 0. The third-order valence-corrected chi connectivity index (χ3v) is 2.91. The number of aryl methyl sites for hydroxylation is 2. The number of carbonyl (C=O) groups is 1. The Balaban J connectivity index is 3.21. The molecule has 0 amide bonds. The van der Waals surface area contributed by atoms with E-state index in [1.54, 1.807) is 0 Å². The second kappa shape index (κ2) is 5.66. The first-order valence-electron chi connectivity index (χ1n) is 5.68. The molecule has 1 aromatic rings. The normalized spacial score (nSPS) is 12.4. The number of nitrogens with two attached hydrogens (primary N) is 1. The van der Waals surface area contributed by atoms with Gasteiger partial charge in [-0.2, -0.15) is 0 Å². The summed E-state index contributed by atoms with van der Waals surface area (Å²) in [6, 6.07) is 6.04. The average molecular weight is 221 g/mol. The number of benzene rings is 1. The zero-order chi connectivity index (χ0) is 12.1. The summed E-state index contributed by atoms with van der Waals surface area (Å²) in [5.74, 6) is -1.42. The molecule has 1 atom stereocenters. The SMILES string of the molecule is CCc1ccc(CC)c(C(CN)C(=O)O)c1. The number of hydrogen-bond acceptors (Lipinski definition) is 2. The highest BCUT2D eigenvalue weighted by atomic mass is 16.4. The maximum atomic E-state index is 11.1. The third-order valence-electron chi connectivity index (χ3n) is 2.91. The molecule has 0 aromatic heterocycles. The first-order valence-corrected chi connectivity index (χ1v) is 5.68. The summed E-state index contributed by atoms with van der Waals surface area (Å²) in [6.45, 7) is 4.23. The van der Waals surface area contributed by atoms with Crippen LogP contribution in [0.25, 0.3) is 0 Å². The molecule has 1 rings (SSSR count). The minimum absolute atomic E-state index is 0.148. The monoisotopic (exact) mass is 221 g/mol. The Hall–Kier alpha value is -1.35. The predicted octanol–water partition coefficient (Wildman–Crippen LogP) is 1.94. The van der Waals surface area contributed by atoms with Gasteiger partial charge in [-0.3, -0.25) is 4.79 Å². The van der Waals surface area contributed by atoms with Crippen LogP contribution in [-0.4, -0.2) is 17.6 Å². The van der Waals surface area contributed by atoms with Gasteiger partial charge in [0, 0.05) is 6.54 Å². The van der Waals surface area contributed by atoms with Crippen LogP contribution >= 0.6 is 0 Å². The lowest BCUT2D eigenvalue weighted by Crippen LogP contribution is -2.22. The minimum atomic E-state index is -0.842. The highest BCUT2D eigenvalue weighted by Crippen LogP contribution is 2.22. The van der Waals surface area contributed by atoms with Crippen LogP contribution in [-0.2, 0) is 17.6 Å². The van der Waals surface area contributed by atoms with E-state index < -0.39 is 11.9 Å². The van der Waals surface area contributed by atoms with Crippen molar-refractivity contribution in [3.63, 3.8) is 0 Å². The predicted molar refractivity (Wildman–Crippen MR) is 64.6 cm³/mol. The number of carboxylic acids is 1. The number of carboxylic acid groups (broad SMARTS) is 1. The molecule has 88 valence electrons. The average Bonchev–Trinajstić information content (AvgIpc) is 2.29. The van der Waals surface area contributed by atoms with E-state index in [2.05, 4.69) is 13.0 Å². The molecule has 0 bridgehead atoms. The van der Waals surface area contributed by atoms with E-state index in [9.17, 15) is 4.79 Å². The fourth-order valence-electron chi connectivity index (χ4n) is 1.87. The zero-order valence-corrected chi connectivity index (χ0v) is 9.86. The fraction of sp³-hybridized carbons (Fsp3) is 0.462. The molecule has 0 fully saturated rings. The summed E-state index contributed by atoms with van der Waals surface area (Å²) in [5.41, 5.74) is 8.65. The number of rotatable bonds is 5. The van der Waals surface area contributed by atoms with Crippen LogP contribution in [0.15, 0.2) is 18.2 Å². The Kier molecular flexibility index (Phi) is 4.50. The van der Waals surface area contributed by atoms with Crippen LogP contribution in [0.2, 0.25) is 0 Å². The maximum Gasteiger partial charge on any atom is 0.312 e. The largest absolute Gasteiger partial charge is 0.481 e. The van der Waals surface area contributed by atoms with E-state index in [4.69, 9.17) is 10.8 Å². The molecule has 3 nitrogen and oxygen atoms in total. The summed E-state index contributed by atoms with van der Waals surface area (Å²) in [4.78, 5) is 11.1. The maximum absolute atomic E-state index is 11.1. The minimum Gasteiger partial charge on any atom is -0.481 e. The van der Waals surface area contributed by atoms with Crippen LogP contribution in [0, 0.1) is 0 Å². The molecule has 0 heterocycles. The summed E-state index contributed by atoms with van der Waals surface area (Å²) in [7, 11) is 0. The molecule has 1 aromatic carbocycles. The van der Waals surface area contributed by atoms with Crippen molar-refractivity contribution in [2.45, 2.75) is 32.6 Å². The summed E-state index contributed by atoms with van der Waals surface area (Å²) in [5, 5.41) is 9.13. The van der Waals surface area contributed by atoms with Gasteiger partial charge >= 0.3 is 5.97 Å². The van der Waals surface area contributed by atoms with Gasteiger partial charge in [0.25, 0.3) is 0 Å². The van der Waals surface area contributed by atoms with Crippen LogP contribution in [0.5, 0.6) is 0 Å². The van der Waals surface area contributed by atoms with Gasteiger partial charge in [-0.15, -0.1) is 0 Å². The van der Waals surface area contributed by atoms with Crippen LogP contribution < -0.4 is 5.73 Å². The lowest BCUT2D eigenvalue weighted by atomic mass is 9.91. The Morgan fingerprint density at radius 1 is 1.38 bits per heavy atom. The molecule has 0 saturated heterocycles. The lowest BCUT2D eigenvalue weighted by molar-refractivity contribution is -0.138. The van der Waals surface area contributed by atoms with Crippen molar-refractivity contribution in [1.82, 2.24) is 0 Å². The second-order valence-corrected chi connectivity index (χ2v) is 3.87. The van der Waals surface area contributed by atoms with Crippen LogP contribution in [0.1, 0.15) is 36.5 Å². The summed E-state index contributed by atoms with van der Waals surface area (Å²) >= 11 is 0. The molecule has 0 saturated carbocycles. The van der Waals surface area contributed by atoms with Crippen molar-refractivity contribution in [2.24, 2.45) is 5.73 Å². The van der Waals surface area contributed by atoms with Crippen molar-refractivity contribution < 1.29 is 9.90 Å². The molecule has 3 N–H and O–H groups in total. The Labute approximate surface area is 96.3 Å². The third kappa shape index (κ3) is 2.61. The standard InChI is InChI=1S/C13H19NO2/c1-3-9-5-6-10(4-2)11(7-9)12(8-14)13(15)16/h5-7,12H,3-4,8,14H2,1-2H3,(H,15,16). The highest BCUT2D eigenvalue weighted by Gasteiger charge is 2.20. The molecular weight excluding hydrogens is 202 g/mol. The molecule has 3 heteroatoms. The smallest absolute Gasteiger partial charge is 0.312 e. The summed E-state index contributed by atoms with van der Waals surface area (Å²) in [6.07, 6.45) is 1.75. The van der Waals surface area contributed by atoms with Gasteiger partial charge < -0.3 is 10.8 Å². The van der Waals surface area contributed by atoms with E-state index in [0.29, 0.717) is 0 Å². The van der Waals surface area contributed by atoms with E-state index in [1.165, 1.54) is 0 Å². The zero-order valence-electron chi connectivity index (χ0n) is 9.86. The van der Waals surface area contributed by atoms with Gasteiger partial charge in [-0.25, -0.2) is 0 Å². The van der Waals surface area contributed by atoms with Gasteiger partial charge in [-0.1, -0.05) is 32.0 Å². The first kappa shape index (κ1) is 12.7. The number of hydrogen-bond donors (Lipinski definition) is 2. The van der Waals surface area contributed by atoms with E-state index in [0.717, 1.165) is 29.5 Å². The quantitative estimate of drug-likeness (QED) is 0.798. The Morgan fingerprint density at radius 2 is 2.06 bits per heavy atom. The van der Waals surface area contributed by atoms with Crippen molar-refractivity contribution in [2.75, 3.05) is 6.54 Å². The highest BCUT2D eigenvalue weighted by molar-refractivity contribution is 5.77. The Morgan fingerprint density at radius 3 is 2.50 bits per heavy atom. The molecule has 16 heavy (non-hydrogen) atoms. The molecular formula is C13H19NO2. The molecule has 0 spiro atoms. The van der Waals surface area contributed by atoms with Crippen molar-refractivity contribution in [3.8, 4) is 0 Å². The second-order valence-electron chi connectivity index (χ2n) is 3.87. The van der Waals surface area contributed by atoms with Gasteiger partial charge in [0.2, 0.25) is 0 Å². The van der Waals surface area contributed by atoms with E-state index in [-0.39, 0.29) is 6.54 Å². The van der Waals surface area contributed by atoms with Gasteiger partial charge in [0.1, 0.15) is 0 Å². The molecule has 0 aliphatic carbocycles. The Bertz CT molecular complexity index is 374. The van der Waals surface area contributed by atoms with Crippen molar-refractivity contribution in [1.29, 1.82) is 0 Å². The molecule has 0 aliphatic heterocycles. The van der Waals surface area contributed by atoms with Gasteiger partial charge in [0.05, 0.1) is 5.92 Å². The van der Waals surface area contributed by atoms with Crippen molar-refractivity contribution >= 4 is 5.97 Å². The van der Waals surface area contributed by atoms with Gasteiger partial charge in [-0.05, 0) is 29.5 Å². The first-order chi connectivity index (χ1) is 7.63. The lowest BCUT2D eigenvalue weighted by Gasteiger charge is -2.15. The van der Waals surface area contributed by atoms with E-state index >= 15 is 0 Å². The van der Waals surface area contributed by atoms with Crippen molar-refractivity contribution in [3.05, 3.63) is 34.9 Å². The van der Waals surface area contributed by atoms with Crippen LogP contribution in [0.4, 0.5) is 0 Å². The molecule has 0 aliphatic rings. The van der Waals surface area contributed by atoms with Crippen LogP contribution in [0.3, 0.4) is 0 Å².